The van der Waals surface area contributed by atoms with Gasteiger partial charge in [-0.05, 0) is 92.3 Å². The summed E-state index contributed by atoms with van der Waals surface area (Å²) >= 11 is 0. The molecule has 0 aliphatic heterocycles. The van der Waals surface area contributed by atoms with Crippen molar-refractivity contribution < 1.29 is 20.1 Å². The minimum Gasteiger partial charge on any atom is -0.390 e. The summed E-state index contributed by atoms with van der Waals surface area (Å²) in [7, 11) is 0. The maximum absolute atomic E-state index is 12.8. The first kappa shape index (κ1) is 27.3. The van der Waals surface area contributed by atoms with Gasteiger partial charge in [0.2, 0.25) is 0 Å². The van der Waals surface area contributed by atoms with Crippen molar-refractivity contribution >= 4 is 5.78 Å². The zero-order chi connectivity index (χ0) is 26.4. The van der Waals surface area contributed by atoms with Crippen molar-refractivity contribution in [1.29, 1.82) is 0 Å². The third kappa shape index (κ3) is 3.75. The maximum atomic E-state index is 12.8. The molecule has 0 bridgehead atoms. The Morgan fingerprint density at radius 1 is 0.971 bits per heavy atom. The molecule has 0 aromatic carbocycles. The van der Waals surface area contributed by atoms with Crippen LogP contribution in [0.15, 0.2) is 11.6 Å². The highest BCUT2D eigenvalue weighted by Crippen LogP contribution is 2.73. The molecule has 10 atom stereocenters. The minimum atomic E-state index is -1.04. The van der Waals surface area contributed by atoms with E-state index in [4.69, 9.17) is 0 Å². The molecule has 200 valence electrons. The second-order valence-electron chi connectivity index (χ2n) is 14.9. The fourth-order valence-corrected chi connectivity index (χ4v) is 9.66. The van der Waals surface area contributed by atoms with Crippen LogP contribution in [0.4, 0.5) is 0 Å². The topological polar surface area (TPSA) is 77.8 Å². The molecular weight excluding hydrogens is 436 g/mol. The lowest BCUT2D eigenvalue weighted by Gasteiger charge is -2.63. The van der Waals surface area contributed by atoms with Gasteiger partial charge in [-0.1, -0.05) is 60.1 Å². The first-order valence-electron chi connectivity index (χ1n) is 14.3. The highest BCUT2D eigenvalue weighted by molar-refractivity contribution is 5.85. The van der Waals surface area contributed by atoms with Crippen LogP contribution in [0.2, 0.25) is 0 Å². The molecule has 0 aromatic heterocycles. The van der Waals surface area contributed by atoms with E-state index >= 15 is 0 Å². The van der Waals surface area contributed by atoms with Gasteiger partial charge >= 0.3 is 0 Å². The van der Waals surface area contributed by atoms with Gasteiger partial charge in [0.15, 0.2) is 0 Å². The van der Waals surface area contributed by atoms with Crippen LogP contribution in [0.25, 0.3) is 0 Å². The normalized spacial score (nSPS) is 44.4. The summed E-state index contributed by atoms with van der Waals surface area (Å²) in [5.41, 5.74) is 0.663. The molecule has 4 aliphatic rings. The minimum absolute atomic E-state index is 0.0445. The highest BCUT2D eigenvalue weighted by atomic mass is 16.3. The van der Waals surface area contributed by atoms with Crippen LogP contribution in [-0.4, -0.2) is 38.9 Å². The molecule has 0 saturated heterocycles. The number of ketones is 1. The van der Waals surface area contributed by atoms with E-state index in [0.29, 0.717) is 30.0 Å². The van der Waals surface area contributed by atoms with E-state index in [1.165, 1.54) is 0 Å². The van der Waals surface area contributed by atoms with Crippen molar-refractivity contribution in [2.75, 3.05) is 0 Å². The zero-order valence-electron chi connectivity index (χ0n) is 23.8. The molecule has 4 heteroatoms. The lowest BCUT2D eigenvalue weighted by molar-refractivity contribution is -0.147. The second-order valence-corrected chi connectivity index (χ2v) is 14.9. The summed E-state index contributed by atoms with van der Waals surface area (Å²) in [5, 5.41) is 32.7. The monoisotopic (exact) mass is 488 g/mol. The number of aliphatic hydroxyl groups excluding tert-OH is 2. The average molecular weight is 489 g/mol. The van der Waals surface area contributed by atoms with Crippen LogP contribution in [0.1, 0.15) is 107 Å². The van der Waals surface area contributed by atoms with Crippen molar-refractivity contribution in [2.24, 2.45) is 51.2 Å². The smallest absolute Gasteiger partial charge is 0.138 e. The Labute approximate surface area is 214 Å². The van der Waals surface area contributed by atoms with Gasteiger partial charge in [0.25, 0.3) is 0 Å². The van der Waals surface area contributed by atoms with Gasteiger partial charge in [-0.15, -0.1) is 0 Å². The molecular formula is C31H52O4. The first-order valence-corrected chi connectivity index (χ1v) is 14.3. The largest absolute Gasteiger partial charge is 0.390 e. The number of hydrogen-bond donors (Lipinski definition) is 3. The van der Waals surface area contributed by atoms with Crippen LogP contribution >= 0.6 is 0 Å². The van der Waals surface area contributed by atoms with E-state index in [2.05, 4.69) is 47.6 Å². The van der Waals surface area contributed by atoms with Gasteiger partial charge in [-0.25, -0.2) is 0 Å². The van der Waals surface area contributed by atoms with Gasteiger partial charge < -0.3 is 15.3 Å². The Bertz CT molecular complexity index is 883. The van der Waals surface area contributed by atoms with Gasteiger partial charge in [-0.3, -0.25) is 4.79 Å². The zero-order valence-corrected chi connectivity index (χ0v) is 23.8. The number of fused-ring (bicyclic) bond motifs is 5. The molecule has 4 nitrogen and oxygen atoms in total. The highest BCUT2D eigenvalue weighted by Gasteiger charge is 2.65. The molecule has 3 fully saturated rings. The number of allylic oxidation sites excluding steroid dienone is 2. The van der Waals surface area contributed by atoms with E-state index in [0.717, 1.165) is 38.5 Å². The molecule has 0 unspecified atom stereocenters. The SMILES string of the molecule is C[C@@H]([C@@H](O)[C@H](O)[C@H](C)C(C)(C)O)[C@@H]1CC[C@]2(C)C3=CC[C@H]4C(C)(C)C(=O)CC[C@]4(C)[C@H]3CC[C@@]12C. The van der Waals surface area contributed by atoms with Crippen LogP contribution < -0.4 is 0 Å². The summed E-state index contributed by atoms with van der Waals surface area (Å²) < 4.78 is 0. The van der Waals surface area contributed by atoms with Gasteiger partial charge in [0.1, 0.15) is 5.78 Å². The summed E-state index contributed by atoms with van der Waals surface area (Å²) in [6.07, 6.45) is 7.89. The average Bonchev–Trinajstić information content (AvgIpc) is 3.05. The van der Waals surface area contributed by atoms with Gasteiger partial charge in [-0.2, -0.15) is 0 Å². The predicted octanol–water partition coefficient (Wildman–Crippen LogP) is 5.93. The molecule has 0 amide bonds. The predicted molar refractivity (Wildman–Crippen MR) is 141 cm³/mol. The van der Waals surface area contributed by atoms with E-state index in [9.17, 15) is 20.1 Å². The van der Waals surface area contributed by atoms with Gasteiger partial charge in [0.05, 0.1) is 17.8 Å². The molecule has 3 saturated carbocycles. The molecule has 0 spiro atoms. The first-order chi connectivity index (χ1) is 15.9. The van der Waals surface area contributed by atoms with Crippen LogP contribution in [-0.2, 0) is 4.79 Å². The number of aliphatic hydroxyl groups is 3. The third-order valence-corrected chi connectivity index (χ3v) is 12.8. The van der Waals surface area contributed by atoms with E-state index in [1.807, 2.05) is 6.92 Å². The van der Waals surface area contributed by atoms with E-state index in [-0.39, 0.29) is 27.6 Å². The number of rotatable bonds is 5. The van der Waals surface area contributed by atoms with Crippen LogP contribution in [0.5, 0.6) is 0 Å². The second kappa shape index (κ2) is 8.40. The van der Waals surface area contributed by atoms with Crippen molar-refractivity contribution in [3.05, 3.63) is 11.6 Å². The number of hydrogen-bond acceptors (Lipinski definition) is 4. The van der Waals surface area contributed by atoms with Gasteiger partial charge in [0, 0.05) is 17.8 Å². The molecule has 0 heterocycles. The fraction of sp³-hybridized carbons (Fsp3) is 0.903. The molecule has 4 aliphatic carbocycles. The molecule has 0 aromatic rings. The summed E-state index contributed by atoms with van der Waals surface area (Å²) in [6.45, 7) is 19.1. The summed E-state index contributed by atoms with van der Waals surface area (Å²) in [5.74, 6) is 1.25. The lowest BCUT2D eigenvalue weighted by Crippen LogP contribution is -2.57. The quantitative estimate of drug-likeness (QED) is 0.419. The standard InChI is InChI=1S/C31H52O4/c1-18(25(33)26(34)19(2)28(5,6)35)20-12-16-31(9)22-10-11-23-27(3,4)24(32)14-15-29(23,7)21(22)13-17-30(20,31)8/h10,18-21,23,25-26,33-35H,11-17H2,1-9H3/t18-,19+,20+,21+,23+,25-,26-,29-,30+,31-/m1/s1. The van der Waals surface area contributed by atoms with Crippen molar-refractivity contribution in [3.8, 4) is 0 Å². The molecule has 0 radical (unpaired) electrons. The van der Waals surface area contributed by atoms with Crippen LogP contribution in [0, 0.1) is 51.2 Å². The van der Waals surface area contributed by atoms with Crippen molar-refractivity contribution in [1.82, 2.24) is 0 Å². The Morgan fingerprint density at radius 2 is 1.60 bits per heavy atom. The Hall–Kier alpha value is -0.710. The number of carbonyl (C=O) groups is 1. The Morgan fingerprint density at radius 3 is 2.20 bits per heavy atom. The molecule has 3 N–H and O–H groups in total. The van der Waals surface area contributed by atoms with Crippen molar-refractivity contribution in [2.45, 2.75) is 125 Å². The van der Waals surface area contributed by atoms with E-state index < -0.39 is 23.7 Å². The number of carbonyl (C=O) groups excluding carboxylic acids is 1. The van der Waals surface area contributed by atoms with Crippen LogP contribution in [0.3, 0.4) is 0 Å². The summed E-state index contributed by atoms with van der Waals surface area (Å²) in [6, 6.07) is 0. The maximum Gasteiger partial charge on any atom is 0.138 e. The molecule has 4 rings (SSSR count). The summed E-state index contributed by atoms with van der Waals surface area (Å²) in [4.78, 5) is 12.8. The van der Waals surface area contributed by atoms with E-state index in [1.54, 1.807) is 19.4 Å². The fourth-order valence-electron chi connectivity index (χ4n) is 9.66. The Balaban J connectivity index is 1.63. The Kier molecular flexibility index (Phi) is 6.56. The molecule has 35 heavy (non-hydrogen) atoms. The lowest BCUT2D eigenvalue weighted by atomic mass is 9.41. The third-order valence-electron chi connectivity index (χ3n) is 12.8. The van der Waals surface area contributed by atoms with Crippen molar-refractivity contribution in [3.63, 3.8) is 0 Å². The number of Topliss-reactive ketones (excluding diaryl/α,β-unsaturated/α-hetero) is 1.